The van der Waals surface area contributed by atoms with Crippen LogP contribution in [0.3, 0.4) is 0 Å². The Bertz CT molecular complexity index is 355. The van der Waals surface area contributed by atoms with Gasteiger partial charge < -0.3 is 10.6 Å². The number of amides is 2. The van der Waals surface area contributed by atoms with E-state index < -0.39 is 0 Å². The number of rotatable bonds is 4. The molecular weight excluding hydrogens is 268 g/mol. The lowest BCUT2D eigenvalue weighted by molar-refractivity contribution is 0.248. The third-order valence-corrected chi connectivity index (χ3v) is 2.91. The highest BCUT2D eigenvalue weighted by Gasteiger charge is 2.07. The fourth-order valence-corrected chi connectivity index (χ4v) is 1.83. The van der Waals surface area contributed by atoms with Gasteiger partial charge in [0, 0.05) is 10.5 Å². The topological polar surface area (TPSA) is 41.1 Å². The second kappa shape index (κ2) is 6.53. The molecule has 3 nitrogen and oxygen atoms in total. The van der Waals surface area contributed by atoms with Crippen molar-refractivity contribution in [1.29, 1.82) is 0 Å². The molecular formula is C12H17BrN2O. The van der Waals surface area contributed by atoms with Gasteiger partial charge in [0.25, 0.3) is 0 Å². The highest BCUT2D eigenvalue weighted by Crippen LogP contribution is 2.20. The number of anilines is 1. The van der Waals surface area contributed by atoms with Gasteiger partial charge in [0.15, 0.2) is 0 Å². The van der Waals surface area contributed by atoms with Crippen LogP contribution in [0.5, 0.6) is 0 Å². The lowest BCUT2D eigenvalue weighted by Crippen LogP contribution is -2.36. The first-order chi connectivity index (χ1) is 7.63. The molecule has 0 unspecified atom stereocenters. The van der Waals surface area contributed by atoms with Gasteiger partial charge in [0.1, 0.15) is 0 Å². The SMILES string of the molecule is CCC[C@@H](C)NC(=O)Nc1ccccc1Br. The second-order valence-corrected chi connectivity index (χ2v) is 4.62. The Hall–Kier alpha value is -1.03. The molecule has 2 N–H and O–H groups in total. The Morgan fingerprint density at radius 1 is 1.44 bits per heavy atom. The van der Waals surface area contributed by atoms with Gasteiger partial charge in [-0.25, -0.2) is 4.79 Å². The van der Waals surface area contributed by atoms with E-state index >= 15 is 0 Å². The molecule has 1 aromatic carbocycles. The zero-order valence-electron chi connectivity index (χ0n) is 9.59. The van der Waals surface area contributed by atoms with E-state index in [4.69, 9.17) is 0 Å². The summed E-state index contributed by atoms with van der Waals surface area (Å²) in [6.07, 6.45) is 2.06. The van der Waals surface area contributed by atoms with E-state index in [1.165, 1.54) is 0 Å². The quantitative estimate of drug-likeness (QED) is 0.869. The van der Waals surface area contributed by atoms with Crippen molar-refractivity contribution in [2.75, 3.05) is 5.32 Å². The first-order valence-electron chi connectivity index (χ1n) is 5.45. The summed E-state index contributed by atoms with van der Waals surface area (Å²) in [5.74, 6) is 0. The average Bonchev–Trinajstić information content (AvgIpc) is 2.21. The minimum Gasteiger partial charge on any atom is -0.335 e. The third kappa shape index (κ3) is 4.23. The van der Waals surface area contributed by atoms with Crippen LogP contribution in [0.15, 0.2) is 28.7 Å². The summed E-state index contributed by atoms with van der Waals surface area (Å²) in [4.78, 5) is 11.6. The highest BCUT2D eigenvalue weighted by molar-refractivity contribution is 9.10. The number of para-hydroxylation sites is 1. The summed E-state index contributed by atoms with van der Waals surface area (Å²) >= 11 is 3.38. The van der Waals surface area contributed by atoms with Crippen molar-refractivity contribution in [2.45, 2.75) is 32.7 Å². The zero-order valence-corrected chi connectivity index (χ0v) is 11.2. The number of benzene rings is 1. The van der Waals surface area contributed by atoms with E-state index in [0.717, 1.165) is 23.0 Å². The molecule has 0 saturated carbocycles. The average molecular weight is 285 g/mol. The molecule has 2 amide bonds. The van der Waals surface area contributed by atoms with Gasteiger partial charge in [-0.2, -0.15) is 0 Å². The van der Waals surface area contributed by atoms with Crippen molar-refractivity contribution in [1.82, 2.24) is 5.32 Å². The fourth-order valence-electron chi connectivity index (χ4n) is 1.45. The number of urea groups is 1. The van der Waals surface area contributed by atoms with Crippen LogP contribution in [0.1, 0.15) is 26.7 Å². The number of carbonyl (C=O) groups excluding carboxylic acids is 1. The maximum absolute atomic E-state index is 11.6. The smallest absolute Gasteiger partial charge is 0.319 e. The molecule has 0 aliphatic heterocycles. The van der Waals surface area contributed by atoms with Gasteiger partial charge in [-0.3, -0.25) is 0 Å². The Morgan fingerprint density at radius 2 is 2.12 bits per heavy atom. The largest absolute Gasteiger partial charge is 0.335 e. The standard InChI is InChI=1S/C12H17BrN2O/c1-3-6-9(2)14-12(16)15-11-8-5-4-7-10(11)13/h4-5,7-9H,3,6H2,1-2H3,(H2,14,15,16)/t9-/m1/s1. The van der Waals surface area contributed by atoms with Crippen molar-refractivity contribution >= 4 is 27.6 Å². The van der Waals surface area contributed by atoms with Crippen molar-refractivity contribution < 1.29 is 4.79 Å². The molecule has 0 radical (unpaired) electrons. The van der Waals surface area contributed by atoms with E-state index in [1.54, 1.807) is 0 Å². The molecule has 0 aliphatic carbocycles. The van der Waals surface area contributed by atoms with Crippen molar-refractivity contribution in [3.63, 3.8) is 0 Å². The normalized spacial score (nSPS) is 11.9. The Kier molecular flexibility index (Phi) is 5.32. The fraction of sp³-hybridized carbons (Fsp3) is 0.417. The van der Waals surface area contributed by atoms with Crippen LogP contribution in [0.2, 0.25) is 0 Å². The third-order valence-electron chi connectivity index (χ3n) is 2.22. The second-order valence-electron chi connectivity index (χ2n) is 3.77. The van der Waals surface area contributed by atoms with Gasteiger partial charge in [-0.1, -0.05) is 25.5 Å². The van der Waals surface area contributed by atoms with Crippen LogP contribution in [-0.4, -0.2) is 12.1 Å². The Balaban J connectivity index is 2.49. The number of carbonyl (C=O) groups is 1. The molecule has 0 heterocycles. The van der Waals surface area contributed by atoms with Gasteiger partial charge >= 0.3 is 6.03 Å². The molecule has 0 spiro atoms. The van der Waals surface area contributed by atoms with Crippen molar-refractivity contribution in [3.05, 3.63) is 28.7 Å². The van der Waals surface area contributed by atoms with Gasteiger partial charge in [0.05, 0.1) is 5.69 Å². The van der Waals surface area contributed by atoms with Gasteiger partial charge in [-0.15, -0.1) is 0 Å². The minimum absolute atomic E-state index is 0.159. The molecule has 0 fully saturated rings. The number of halogens is 1. The minimum atomic E-state index is -0.159. The van der Waals surface area contributed by atoms with E-state index in [-0.39, 0.29) is 12.1 Å². The van der Waals surface area contributed by atoms with Crippen molar-refractivity contribution in [2.24, 2.45) is 0 Å². The van der Waals surface area contributed by atoms with Crippen LogP contribution < -0.4 is 10.6 Å². The predicted molar refractivity (Wildman–Crippen MR) is 70.7 cm³/mol. The Labute approximate surface area is 105 Å². The van der Waals surface area contributed by atoms with E-state index in [0.29, 0.717) is 0 Å². The molecule has 1 rings (SSSR count). The van der Waals surface area contributed by atoms with E-state index in [2.05, 4.69) is 33.5 Å². The van der Waals surface area contributed by atoms with Gasteiger partial charge in [-0.05, 0) is 41.4 Å². The van der Waals surface area contributed by atoms with E-state index in [1.807, 2.05) is 31.2 Å². The van der Waals surface area contributed by atoms with Crippen LogP contribution in [0, 0.1) is 0 Å². The molecule has 0 saturated heterocycles. The summed E-state index contributed by atoms with van der Waals surface area (Å²) in [5.41, 5.74) is 0.781. The number of hydrogen-bond donors (Lipinski definition) is 2. The highest BCUT2D eigenvalue weighted by atomic mass is 79.9. The summed E-state index contributed by atoms with van der Waals surface area (Å²) in [7, 11) is 0. The van der Waals surface area contributed by atoms with Crippen LogP contribution in [0.4, 0.5) is 10.5 Å². The molecule has 0 aromatic heterocycles. The summed E-state index contributed by atoms with van der Waals surface area (Å²) in [5, 5.41) is 5.69. The maximum Gasteiger partial charge on any atom is 0.319 e. The van der Waals surface area contributed by atoms with E-state index in [9.17, 15) is 4.79 Å². The lowest BCUT2D eigenvalue weighted by atomic mass is 10.2. The number of hydrogen-bond acceptors (Lipinski definition) is 1. The number of nitrogens with one attached hydrogen (secondary N) is 2. The molecule has 4 heteroatoms. The first kappa shape index (κ1) is 13.0. The van der Waals surface area contributed by atoms with Crippen LogP contribution >= 0.6 is 15.9 Å². The van der Waals surface area contributed by atoms with Crippen LogP contribution in [0.25, 0.3) is 0 Å². The summed E-state index contributed by atoms with van der Waals surface area (Å²) in [6, 6.07) is 7.59. The maximum atomic E-state index is 11.6. The molecule has 16 heavy (non-hydrogen) atoms. The van der Waals surface area contributed by atoms with Gasteiger partial charge in [0.2, 0.25) is 0 Å². The summed E-state index contributed by atoms with van der Waals surface area (Å²) < 4.78 is 0.883. The predicted octanol–water partition coefficient (Wildman–Crippen LogP) is 3.76. The monoisotopic (exact) mass is 284 g/mol. The first-order valence-corrected chi connectivity index (χ1v) is 6.24. The lowest BCUT2D eigenvalue weighted by Gasteiger charge is -2.14. The molecule has 1 atom stereocenters. The zero-order chi connectivity index (χ0) is 12.0. The molecule has 1 aromatic rings. The van der Waals surface area contributed by atoms with Crippen molar-refractivity contribution in [3.8, 4) is 0 Å². The molecule has 0 bridgehead atoms. The molecule has 88 valence electrons. The summed E-state index contributed by atoms with van der Waals surface area (Å²) in [6.45, 7) is 4.10. The molecule has 0 aliphatic rings. The van der Waals surface area contributed by atoms with Crippen LogP contribution in [-0.2, 0) is 0 Å². The Morgan fingerprint density at radius 3 is 2.75 bits per heavy atom.